The van der Waals surface area contributed by atoms with Crippen molar-refractivity contribution in [2.75, 3.05) is 33.2 Å². The van der Waals surface area contributed by atoms with E-state index in [-0.39, 0.29) is 0 Å². The number of halogens is 1. The zero-order valence-electron chi connectivity index (χ0n) is 9.82. The minimum Gasteiger partial charge on any atom is -0.304 e. The molecular formula is C11H18ClN3S. The molecule has 1 fully saturated rings. The van der Waals surface area contributed by atoms with Gasteiger partial charge in [-0.2, -0.15) is 0 Å². The van der Waals surface area contributed by atoms with E-state index in [1.54, 1.807) is 11.3 Å². The predicted molar refractivity (Wildman–Crippen MR) is 69.2 cm³/mol. The number of rotatable bonds is 3. The summed E-state index contributed by atoms with van der Waals surface area (Å²) in [5, 5.41) is 3.26. The molecule has 0 bridgehead atoms. The second-order valence-electron chi connectivity index (χ2n) is 4.33. The van der Waals surface area contributed by atoms with Crippen LogP contribution in [0.3, 0.4) is 0 Å². The molecule has 0 saturated carbocycles. The second-order valence-corrected chi connectivity index (χ2v) is 5.48. The summed E-state index contributed by atoms with van der Waals surface area (Å²) in [6.07, 6.45) is 0. The largest absolute Gasteiger partial charge is 0.304 e. The van der Waals surface area contributed by atoms with Crippen molar-refractivity contribution in [3.8, 4) is 0 Å². The van der Waals surface area contributed by atoms with Crippen molar-refractivity contribution < 1.29 is 0 Å². The number of hydrogen-bond donors (Lipinski definition) is 0. The van der Waals surface area contributed by atoms with E-state index in [1.165, 1.54) is 5.01 Å². The van der Waals surface area contributed by atoms with Crippen LogP contribution in [0.15, 0.2) is 5.38 Å². The molecule has 0 N–H and O–H groups in total. The van der Waals surface area contributed by atoms with Gasteiger partial charge in [-0.1, -0.05) is 0 Å². The summed E-state index contributed by atoms with van der Waals surface area (Å²) in [6, 6.07) is 0.427. The molecular weight excluding hydrogens is 242 g/mol. The van der Waals surface area contributed by atoms with E-state index in [2.05, 4.69) is 34.1 Å². The van der Waals surface area contributed by atoms with Gasteiger partial charge in [-0.15, -0.1) is 22.9 Å². The number of thiazole rings is 1. The lowest BCUT2D eigenvalue weighted by Crippen LogP contribution is -2.45. The molecule has 1 aromatic heterocycles. The summed E-state index contributed by atoms with van der Waals surface area (Å²) in [5.74, 6) is 0.520. The van der Waals surface area contributed by atoms with E-state index >= 15 is 0 Å². The van der Waals surface area contributed by atoms with Gasteiger partial charge in [0.25, 0.3) is 0 Å². The lowest BCUT2D eigenvalue weighted by Gasteiger charge is -2.35. The van der Waals surface area contributed by atoms with Crippen molar-refractivity contribution in [3.63, 3.8) is 0 Å². The fraction of sp³-hybridized carbons (Fsp3) is 0.727. The smallest absolute Gasteiger partial charge is 0.110 e. The summed E-state index contributed by atoms with van der Waals surface area (Å²) >= 11 is 7.50. The Hall–Kier alpha value is -0.160. The molecule has 16 heavy (non-hydrogen) atoms. The molecule has 1 aromatic rings. The number of alkyl halides is 1. The van der Waals surface area contributed by atoms with Gasteiger partial charge in [-0.05, 0) is 14.0 Å². The van der Waals surface area contributed by atoms with Crippen LogP contribution in [0, 0.1) is 0 Å². The highest BCUT2D eigenvalue weighted by Crippen LogP contribution is 2.25. The van der Waals surface area contributed by atoms with Crippen LogP contribution < -0.4 is 0 Å². The lowest BCUT2D eigenvalue weighted by molar-refractivity contribution is 0.119. The van der Waals surface area contributed by atoms with E-state index in [9.17, 15) is 0 Å². The van der Waals surface area contributed by atoms with E-state index in [1.807, 2.05) is 0 Å². The van der Waals surface area contributed by atoms with Crippen LogP contribution in [0.2, 0.25) is 0 Å². The third-order valence-electron chi connectivity index (χ3n) is 3.15. The first-order chi connectivity index (χ1) is 7.70. The van der Waals surface area contributed by atoms with Crippen molar-refractivity contribution in [2.45, 2.75) is 18.8 Å². The minimum absolute atomic E-state index is 0.427. The van der Waals surface area contributed by atoms with E-state index in [0.717, 1.165) is 31.9 Å². The van der Waals surface area contributed by atoms with Gasteiger partial charge in [0.05, 0.1) is 17.6 Å². The Bertz CT molecular complexity index is 334. The van der Waals surface area contributed by atoms with Crippen LogP contribution in [0.5, 0.6) is 0 Å². The third kappa shape index (κ3) is 2.74. The first-order valence-corrected chi connectivity index (χ1v) is 7.05. The Kier molecular flexibility index (Phi) is 4.19. The van der Waals surface area contributed by atoms with Crippen molar-refractivity contribution in [1.29, 1.82) is 0 Å². The first kappa shape index (κ1) is 12.3. The SMILES string of the molecule is CC(c1nc(CCl)cs1)N1CCN(C)CC1. The van der Waals surface area contributed by atoms with Gasteiger partial charge in [0.2, 0.25) is 0 Å². The highest BCUT2D eigenvalue weighted by molar-refractivity contribution is 7.09. The monoisotopic (exact) mass is 259 g/mol. The maximum atomic E-state index is 5.77. The predicted octanol–water partition coefficient (Wildman–Crippen LogP) is 2.19. The minimum atomic E-state index is 0.427. The van der Waals surface area contributed by atoms with Crippen molar-refractivity contribution in [2.24, 2.45) is 0 Å². The first-order valence-electron chi connectivity index (χ1n) is 5.63. The molecule has 2 heterocycles. The van der Waals surface area contributed by atoms with Crippen LogP contribution in [0.4, 0.5) is 0 Å². The van der Waals surface area contributed by atoms with Gasteiger partial charge in [0.15, 0.2) is 0 Å². The highest BCUT2D eigenvalue weighted by atomic mass is 35.5. The third-order valence-corrected chi connectivity index (χ3v) is 4.49. The number of nitrogens with zero attached hydrogens (tertiary/aromatic N) is 3. The number of hydrogen-bond acceptors (Lipinski definition) is 4. The molecule has 3 nitrogen and oxygen atoms in total. The molecule has 1 unspecified atom stereocenters. The van der Waals surface area contributed by atoms with Crippen LogP contribution in [0.25, 0.3) is 0 Å². The lowest BCUT2D eigenvalue weighted by atomic mass is 10.2. The maximum Gasteiger partial charge on any atom is 0.110 e. The summed E-state index contributed by atoms with van der Waals surface area (Å²) in [4.78, 5) is 9.42. The zero-order valence-corrected chi connectivity index (χ0v) is 11.4. The Balaban J connectivity index is 1.98. The molecule has 0 aliphatic carbocycles. The maximum absolute atomic E-state index is 5.77. The highest BCUT2D eigenvalue weighted by Gasteiger charge is 2.22. The Morgan fingerprint density at radius 3 is 2.69 bits per heavy atom. The Labute approximate surface area is 106 Å². The average Bonchev–Trinajstić information content (AvgIpc) is 2.77. The molecule has 5 heteroatoms. The van der Waals surface area contributed by atoms with E-state index < -0.39 is 0 Å². The van der Waals surface area contributed by atoms with E-state index in [4.69, 9.17) is 11.6 Å². The van der Waals surface area contributed by atoms with Crippen molar-refractivity contribution >= 4 is 22.9 Å². The molecule has 1 saturated heterocycles. The molecule has 0 aromatic carbocycles. The molecule has 0 radical (unpaired) electrons. The quantitative estimate of drug-likeness (QED) is 0.776. The normalized spacial score (nSPS) is 21.2. The Morgan fingerprint density at radius 2 is 2.12 bits per heavy atom. The summed E-state index contributed by atoms with van der Waals surface area (Å²) in [5.41, 5.74) is 1.00. The molecule has 1 atom stereocenters. The number of piperazine rings is 1. The molecule has 1 aliphatic rings. The van der Waals surface area contributed by atoms with Crippen LogP contribution in [-0.4, -0.2) is 48.0 Å². The average molecular weight is 260 g/mol. The van der Waals surface area contributed by atoms with Gasteiger partial charge in [0, 0.05) is 31.6 Å². The van der Waals surface area contributed by atoms with Crippen molar-refractivity contribution in [1.82, 2.24) is 14.8 Å². The second kappa shape index (κ2) is 5.45. The zero-order chi connectivity index (χ0) is 11.5. The van der Waals surface area contributed by atoms with Crippen LogP contribution >= 0.6 is 22.9 Å². The van der Waals surface area contributed by atoms with Gasteiger partial charge in [-0.3, -0.25) is 4.90 Å². The standard InChI is InChI=1S/C11H18ClN3S/c1-9(11-13-10(7-12)8-16-11)15-5-3-14(2)4-6-15/h8-9H,3-7H2,1-2H3. The fourth-order valence-corrected chi connectivity index (χ4v) is 3.08. The topological polar surface area (TPSA) is 19.4 Å². The van der Waals surface area contributed by atoms with Gasteiger partial charge < -0.3 is 4.90 Å². The van der Waals surface area contributed by atoms with Gasteiger partial charge in [0.1, 0.15) is 5.01 Å². The molecule has 0 amide bonds. The molecule has 2 rings (SSSR count). The van der Waals surface area contributed by atoms with Crippen molar-refractivity contribution in [3.05, 3.63) is 16.1 Å². The van der Waals surface area contributed by atoms with E-state index in [0.29, 0.717) is 11.9 Å². The van der Waals surface area contributed by atoms with Crippen LogP contribution in [0.1, 0.15) is 23.7 Å². The summed E-state index contributed by atoms with van der Waals surface area (Å²) in [7, 11) is 2.18. The van der Waals surface area contributed by atoms with Gasteiger partial charge >= 0.3 is 0 Å². The number of likely N-dealkylation sites (N-methyl/N-ethyl adjacent to an activating group) is 1. The summed E-state index contributed by atoms with van der Waals surface area (Å²) in [6.45, 7) is 6.80. The number of aromatic nitrogens is 1. The Morgan fingerprint density at radius 1 is 1.44 bits per heavy atom. The summed E-state index contributed by atoms with van der Waals surface area (Å²) < 4.78 is 0. The fourth-order valence-electron chi connectivity index (χ4n) is 1.94. The van der Waals surface area contributed by atoms with Crippen LogP contribution in [-0.2, 0) is 5.88 Å². The van der Waals surface area contributed by atoms with Gasteiger partial charge in [-0.25, -0.2) is 4.98 Å². The molecule has 0 spiro atoms. The molecule has 1 aliphatic heterocycles. The molecule has 90 valence electrons.